The Kier molecular flexibility index (Phi) is 3.95. The number of carbonyl (C=O) groups is 1. The third-order valence-electron chi connectivity index (χ3n) is 3.15. The van der Waals surface area contributed by atoms with E-state index >= 15 is 0 Å². The van der Waals surface area contributed by atoms with Crippen molar-refractivity contribution in [3.05, 3.63) is 65.5 Å². The Bertz CT molecular complexity index is 574. The highest BCUT2D eigenvalue weighted by Gasteiger charge is 2.08. The van der Waals surface area contributed by atoms with Crippen molar-refractivity contribution < 1.29 is 9.36 Å². The number of amides is 1. The molecule has 19 heavy (non-hydrogen) atoms. The molecule has 0 spiro atoms. The Morgan fingerprint density at radius 3 is 2.47 bits per heavy atom. The van der Waals surface area contributed by atoms with Gasteiger partial charge in [-0.2, -0.15) is 4.57 Å². The summed E-state index contributed by atoms with van der Waals surface area (Å²) in [6.07, 6.45) is 3.71. The summed E-state index contributed by atoms with van der Waals surface area (Å²) in [5.74, 6) is 0.143. The predicted molar refractivity (Wildman–Crippen MR) is 74.8 cm³/mol. The molecule has 0 saturated heterocycles. The summed E-state index contributed by atoms with van der Waals surface area (Å²) in [5, 5.41) is 0. The Balaban J connectivity index is 2.16. The smallest absolute Gasteiger partial charge is 0.254 e. The second-order valence-electron chi connectivity index (χ2n) is 5.03. The molecule has 0 fully saturated rings. The lowest BCUT2D eigenvalue weighted by atomic mass is 10.0. The fourth-order valence-electron chi connectivity index (χ4n) is 1.98. The highest BCUT2D eigenvalue weighted by Crippen LogP contribution is 2.14. The fraction of sp³-hybridized carbons (Fsp3) is 0.250. The Morgan fingerprint density at radius 2 is 1.89 bits per heavy atom. The van der Waals surface area contributed by atoms with E-state index in [0.717, 1.165) is 6.54 Å². The average Bonchev–Trinajstić information content (AvgIpc) is 2.39. The molecule has 0 bridgehead atoms. The fourth-order valence-corrected chi connectivity index (χ4v) is 1.98. The summed E-state index contributed by atoms with van der Waals surface area (Å²) < 4.78 is 1.96. The van der Waals surface area contributed by atoms with Crippen LogP contribution in [0.3, 0.4) is 0 Å². The zero-order chi connectivity index (χ0) is 13.8. The molecule has 1 aromatic carbocycles. The van der Waals surface area contributed by atoms with Crippen LogP contribution in [0.25, 0.3) is 0 Å². The minimum Gasteiger partial charge on any atom is -0.365 e. The minimum absolute atomic E-state index is 0.399. The van der Waals surface area contributed by atoms with Gasteiger partial charge in [-0.25, -0.2) is 0 Å². The van der Waals surface area contributed by atoms with Gasteiger partial charge in [-0.1, -0.05) is 38.1 Å². The zero-order valence-electron chi connectivity index (χ0n) is 11.3. The molecule has 1 aromatic heterocycles. The van der Waals surface area contributed by atoms with Gasteiger partial charge in [0.05, 0.1) is 0 Å². The average molecular weight is 255 g/mol. The molecule has 0 aliphatic rings. The van der Waals surface area contributed by atoms with Gasteiger partial charge >= 0.3 is 0 Å². The minimum atomic E-state index is -0.399. The summed E-state index contributed by atoms with van der Waals surface area (Å²) >= 11 is 0. The highest BCUT2D eigenvalue weighted by atomic mass is 16.1. The number of hydrogen-bond donors (Lipinski definition) is 1. The van der Waals surface area contributed by atoms with Gasteiger partial charge in [0.15, 0.2) is 18.9 Å². The molecule has 0 atom stereocenters. The van der Waals surface area contributed by atoms with Crippen molar-refractivity contribution in [2.45, 2.75) is 26.3 Å². The molecule has 1 amide bonds. The van der Waals surface area contributed by atoms with E-state index in [4.69, 9.17) is 5.73 Å². The highest BCUT2D eigenvalue weighted by molar-refractivity contribution is 5.92. The molecule has 3 heteroatoms. The summed E-state index contributed by atoms with van der Waals surface area (Å²) in [7, 11) is 0. The van der Waals surface area contributed by atoms with Crippen molar-refractivity contribution in [3.8, 4) is 0 Å². The number of carbonyl (C=O) groups excluding carboxylic acids is 1. The van der Waals surface area contributed by atoms with Gasteiger partial charge in [-0.15, -0.1) is 0 Å². The second kappa shape index (κ2) is 5.65. The molecule has 2 N–H and O–H groups in total. The van der Waals surface area contributed by atoms with E-state index in [1.807, 2.05) is 16.8 Å². The molecule has 98 valence electrons. The molecular weight excluding hydrogens is 236 g/mol. The number of benzene rings is 1. The first kappa shape index (κ1) is 13.3. The van der Waals surface area contributed by atoms with E-state index in [2.05, 4.69) is 38.1 Å². The molecule has 0 radical (unpaired) electrons. The number of nitrogens with two attached hydrogens (primary N) is 1. The number of hydrogen-bond acceptors (Lipinski definition) is 1. The van der Waals surface area contributed by atoms with Crippen molar-refractivity contribution >= 4 is 5.91 Å². The van der Waals surface area contributed by atoms with Crippen LogP contribution in [-0.2, 0) is 6.54 Å². The Labute approximate surface area is 113 Å². The monoisotopic (exact) mass is 255 g/mol. The summed E-state index contributed by atoms with van der Waals surface area (Å²) in [5.41, 5.74) is 8.34. The molecule has 3 nitrogen and oxygen atoms in total. The van der Waals surface area contributed by atoms with Crippen molar-refractivity contribution in [2.24, 2.45) is 5.73 Å². The third-order valence-corrected chi connectivity index (χ3v) is 3.15. The number of nitrogens with zero attached hydrogens (tertiary/aromatic N) is 1. The summed E-state index contributed by atoms with van der Waals surface area (Å²) in [6, 6.07) is 12.1. The van der Waals surface area contributed by atoms with Crippen LogP contribution in [0.4, 0.5) is 0 Å². The zero-order valence-corrected chi connectivity index (χ0v) is 11.3. The molecule has 2 rings (SSSR count). The molecule has 2 aromatic rings. The van der Waals surface area contributed by atoms with Gasteiger partial charge in [0.25, 0.3) is 5.91 Å². The maximum Gasteiger partial charge on any atom is 0.254 e. The first-order valence-electron chi connectivity index (χ1n) is 6.44. The normalized spacial score (nSPS) is 10.7. The quantitative estimate of drug-likeness (QED) is 0.837. The Hall–Kier alpha value is -2.16. The van der Waals surface area contributed by atoms with Gasteiger partial charge in [0.2, 0.25) is 0 Å². The first-order valence-corrected chi connectivity index (χ1v) is 6.44. The van der Waals surface area contributed by atoms with Crippen LogP contribution in [0.5, 0.6) is 0 Å². The van der Waals surface area contributed by atoms with E-state index in [-0.39, 0.29) is 0 Å². The third kappa shape index (κ3) is 3.41. The molecule has 1 heterocycles. The molecule has 0 unspecified atom stereocenters. The number of primary amides is 1. The lowest BCUT2D eigenvalue weighted by Gasteiger charge is -2.05. The maximum atomic E-state index is 11.1. The molecule has 0 saturated carbocycles. The largest absolute Gasteiger partial charge is 0.365 e. The van der Waals surface area contributed by atoms with E-state index < -0.39 is 5.91 Å². The summed E-state index contributed by atoms with van der Waals surface area (Å²) in [4.78, 5) is 11.1. The van der Waals surface area contributed by atoms with Crippen LogP contribution in [0, 0.1) is 0 Å². The Morgan fingerprint density at radius 1 is 1.21 bits per heavy atom. The van der Waals surface area contributed by atoms with Crippen molar-refractivity contribution in [1.29, 1.82) is 0 Å². The topological polar surface area (TPSA) is 47.0 Å². The maximum absolute atomic E-state index is 11.1. The van der Waals surface area contributed by atoms with Crippen molar-refractivity contribution in [1.82, 2.24) is 0 Å². The van der Waals surface area contributed by atoms with Crippen molar-refractivity contribution in [3.63, 3.8) is 0 Å². The van der Waals surface area contributed by atoms with Gasteiger partial charge in [-0.05, 0) is 17.5 Å². The van der Waals surface area contributed by atoms with Crippen LogP contribution in [0.1, 0.15) is 41.3 Å². The van der Waals surface area contributed by atoms with Gasteiger partial charge in [0, 0.05) is 11.6 Å². The van der Waals surface area contributed by atoms with Gasteiger partial charge in [-0.3, -0.25) is 4.79 Å². The van der Waals surface area contributed by atoms with Gasteiger partial charge < -0.3 is 5.73 Å². The van der Waals surface area contributed by atoms with E-state index in [1.165, 1.54) is 11.1 Å². The van der Waals surface area contributed by atoms with Crippen LogP contribution >= 0.6 is 0 Å². The van der Waals surface area contributed by atoms with Crippen LogP contribution < -0.4 is 10.3 Å². The molecular formula is C16H19N2O+. The predicted octanol–water partition coefficient (Wildman–Crippen LogP) is 2.24. The lowest BCUT2D eigenvalue weighted by Crippen LogP contribution is -2.35. The van der Waals surface area contributed by atoms with Crippen LogP contribution in [0.15, 0.2) is 48.8 Å². The van der Waals surface area contributed by atoms with Gasteiger partial charge in [0.1, 0.15) is 5.56 Å². The molecule has 0 aliphatic carbocycles. The van der Waals surface area contributed by atoms with Crippen LogP contribution in [0.2, 0.25) is 0 Å². The molecule has 0 aliphatic heterocycles. The summed E-state index contributed by atoms with van der Waals surface area (Å²) in [6.45, 7) is 5.10. The standard InChI is InChI=1S/C16H18N2O/c1-12(2)14-7-5-13(6-8-14)10-18-9-3-4-15(11-18)16(17)19/h3-9,11-12H,10H2,1-2H3,(H-,17,19)/p+1. The number of rotatable bonds is 4. The van der Waals surface area contributed by atoms with Crippen molar-refractivity contribution in [2.75, 3.05) is 0 Å². The lowest BCUT2D eigenvalue weighted by molar-refractivity contribution is -0.688. The number of pyridine rings is 1. The van der Waals surface area contributed by atoms with E-state index in [0.29, 0.717) is 11.5 Å². The SMILES string of the molecule is CC(C)c1ccc(C[n+]2cccc(C(N)=O)c2)cc1. The number of aromatic nitrogens is 1. The first-order chi connectivity index (χ1) is 9.06. The second-order valence-corrected chi connectivity index (χ2v) is 5.03. The van der Waals surface area contributed by atoms with Crippen LogP contribution in [-0.4, -0.2) is 5.91 Å². The van der Waals surface area contributed by atoms with E-state index in [9.17, 15) is 4.79 Å². The van der Waals surface area contributed by atoms with E-state index in [1.54, 1.807) is 12.3 Å².